The molecule has 5 heteroatoms. The number of hydrogen-bond donors (Lipinski definition) is 3. The summed E-state index contributed by atoms with van der Waals surface area (Å²) in [4.78, 5) is 19.1. The highest BCUT2D eigenvalue weighted by Gasteiger charge is 2.06. The quantitative estimate of drug-likeness (QED) is 0.674. The normalized spacial score (nSPS) is 10.6. The number of aryl methyl sites for hydroxylation is 1. The molecule has 0 saturated heterocycles. The molecule has 0 fully saturated rings. The first-order valence-corrected chi connectivity index (χ1v) is 6.71. The van der Waals surface area contributed by atoms with Gasteiger partial charge in [-0.15, -0.1) is 0 Å². The molecule has 3 rings (SSSR count). The van der Waals surface area contributed by atoms with Crippen LogP contribution in [-0.4, -0.2) is 23.0 Å². The number of rotatable bonds is 2. The van der Waals surface area contributed by atoms with Gasteiger partial charge in [0.05, 0.1) is 11.0 Å². The Morgan fingerprint density at radius 3 is 2.62 bits per heavy atom. The summed E-state index contributed by atoms with van der Waals surface area (Å²) in [5, 5.41) is 5.24. The fraction of sp³-hybridized carbons (Fsp3) is 0.125. The fourth-order valence-electron chi connectivity index (χ4n) is 2.17. The second-order valence-corrected chi connectivity index (χ2v) is 4.89. The largest absolute Gasteiger partial charge is 0.341 e. The second kappa shape index (κ2) is 5.28. The Balaban J connectivity index is 1.90. The van der Waals surface area contributed by atoms with Gasteiger partial charge in [0.15, 0.2) is 0 Å². The van der Waals surface area contributed by atoms with Crippen molar-refractivity contribution in [2.24, 2.45) is 0 Å². The highest BCUT2D eigenvalue weighted by atomic mass is 16.2. The third kappa shape index (κ3) is 2.72. The summed E-state index contributed by atoms with van der Waals surface area (Å²) in [6, 6.07) is 13.4. The van der Waals surface area contributed by atoms with E-state index in [1.807, 2.05) is 36.4 Å². The average Bonchev–Trinajstić information content (AvgIpc) is 2.90. The van der Waals surface area contributed by atoms with Crippen LogP contribution in [0.3, 0.4) is 0 Å². The maximum Gasteiger partial charge on any atom is 0.318 e. The number of aromatic nitrogens is 2. The molecule has 0 atom stereocenters. The van der Waals surface area contributed by atoms with Gasteiger partial charge in [-0.25, -0.2) is 9.78 Å². The van der Waals surface area contributed by atoms with Crippen molar-refractivity contribution >= 4 is 22.8 Å². The minimum absolute atomic E-state index is 0.234. The molecule has 2 aromatic carbocycles. The molecule has 106 valence electrons. The molecule has 0 aliphatic rings. The molecule has 0 bridgehead atoms. The number of aromatic amines is 1. The molecule has 1 heterocycles. The van der Waals surface area contributed by atoms with Crippen molar-refractivity contribution in [1.29, 1.82) is 0 Å². The third-order valence-electron chi connectivity index (χ3n) is 3.28. The summed E-state index contributed by atoms with van der Waals surface area (Å²) >= 11 is 0. The van der Waals surface area contributed by atoms with Crippen LogP contribution in [0.2, 0.25) is 0 Å². The van der Waals surface area contributed by atoms with Crippen molar-refractivity contribution < 1.29 is 4.79 Å². The van der Waals surface area contributed by atoms with Crippen LogP contribution in [0.5, 0.6) is 0 Å². The maximum absolute atomic E-state index is 11.2. The minimum atomic E-state index is -0.234. The van der Waals surface area contributed by atoms with E-state index in [4.69, 9.17) is 0 Å². The van der Waals surface area contributed by atoms with E-state index in [1.54, 1.807) is 7.05 Å². The smallest absolute Gasteiger partial charge is 0.318 e. The maximum atomic E-state index is 11.2. The zero-order valence-corrected chi connectivity index (χ0v) is 11.9. The summed E-state index contributed by atoms with van der Waals surface area (Å²) in [6.45, 7) is 2.05. The van der Waals surface area contributed by atoms with Crippen LogP contribution in [0.4, 0.5) is 10.5 Å². The van der Waals surface area contributed by atoms with Gasteiger partial charge in [0.1, 0.15) is 5.82 Å². The van der Waals surface area contributed by atoms with E-state index in [-0.39, 0.29) is 6.03 Å². The molecule has 3 N–H and O–H groups in total. The van der Waals surface area contributed by atoms with Gasteiger partial charge in [0.25, 0.3) is 0 Å². The number of urea groups is 1. The van der Waals surface area contributed by atoms with Gasteiger partial charge in [-0.1, -0.05) is 6.07 Å². The van der Waals surface area contributed by atoms with Gasteiger partial charge in [-0.05, 0) is 48.9 Å². The SMILES string of the molecule is CNC(=O)Nc1ccc(-c2nc3ccc(C)cc3[nH]2)cc1. The van der Waals surface area contributed by atoms with Crippen molar-refractivity contribution in [2.75, 3.05) is 12.4 Å². The first-order chi connectivity index (χ1) is 10.2. The molecular weight excluding hydrogens is 264 g/mol. The summed E-state index contributed by atoms with van der Waals surface area (Å²) in [5.41, 5.74) is 4.89. The minimum Gasteiger partial charge on any atom is -0.341 e. The van der Waals surface area contributed by atoms with E-state index in [0.29, 0.717) is 0 Å². The number of nitrogens with zero attached hydrogens (tertiary/aromatic N) is 1. The predicted octanol–water partition coefficient (Wildman–Crippen LogP) is 3.29. The van der Waals surface area contributed by atoms with E-state index >= 15 is 0 Å². The molecule has 2 amide bonds. The Labute approximate surface area is 122 Å². The number of fused-ring (bicyclic) bond motifs is 1. The summed E-state index contributed by atoms with van der Waals surface area (Å²) in [6.07, 6.45) is 0. The lowest BCUT2D eigenvalue weighted by Gasteiger charge is -2.04. The highest BCUT2D eigenvalue weighted by Crippen LogP contribution is 2.22. The molecule has 0 unspecified atom stereocenters. The van der Waals surface area contributed by atoms with Crippen LogP contribution >= 0.6 is 0 Å². The first kappa shape index (κ1) is 13.2. The van der Waals surface area contributed by atoms with Gasteiger partial charge in [-0.3, -0.25) is 0 Å². The number of anilines is 1. The molecule has 0 spiro atoms. The Morgan fingerprint density at radius 1 is 1.14 bits per heavy atom. The van der Waals surface area contributed by atoms with Crippen molar-refractivity contribution in [3.8, 4) is 11.4 Å². The summed E-state index contributed by atoms with van der Waals surface area (Å²) < 4.78 is 0. The molecule has 5 nitrogen and oxygen atoms in total. The number of benzene rings is 2. The van der Waals surface area contributed by atoms with Crippen LogP contribution in [0, 0.1) is 6.92 Å². The number of hydrogen-bond acceptors (Lipinski definition) is 2. The van der Waals surface area contributed by atoms with E-state index in [0.717, 1.165) is 28.1 Å². The van der Waals surface area contributed by atoms with Gasteiger partial charge >= 0.3 is 6.03 Å². The summed E-state index contributed by atoms with van der Waals surface area (Å²) in [5.74, 6) is 0.821. The van der Waals surface area contributed by atoms with Crippen LogP contribution in [-0.2, 0) is 0 Å². The van der Waals surface area contributed by atoms with Crippen LogP contribution in [0.1, 0.15) is 5.56 Å². The van der Waals surface area contributed by atoms with E-state index in [1.165, 1.54) is 5.56 Å². The number of carbonyl (C=O) groups excluding carboxylic acids is 1. The molecule has 0 radical (unpaired) electrons. The molecule has 1 aromatic heterocycles. The topological polar surface area (TPSA) is 69.8 Å². The Hall–Kier alpha value is -2.82. The lowest BCUT2D eigenvalue weighted by molar-refractivity contribution is 0.254. The lowest BCUT2D eigenvalue weighted by Crippen LogP contribution is -2.24. The number of carbonyl (C=O) groups is 1. The van der Waals surface area contributed by atoms with Gasteiger partial charge in [0, 0.05) is 18.3 Å². The zero-order valence-electron chi connectivity index (χ0n) is 11.9. The molecule has 0 saturated carbocycles. The Morgan fingerprint density at radius 2 is 1.90 bits per heavy atom. The van der Waals surface area contributed by atoms with Crippen LogP contribution in [0.15, 0.2) is 42.5 Å². The van der Waals surface area contributed by atoms with E-state index < -0.39 is 0 Å². The standard InChI is InChI=1S/C16H16N4O/c1-10-3-8-13-14(9-10)20-15(19-13)11-4-6-12(7-5-11)18-16(21)17-2/h3-9H,1-2H3,(H,19,20)(H2,17,18,21). The molecule has 3 aromatic rings. The van der Waals surface area contributed by atoms with Gasteiger partial charge in [-0.2, -0.15) is 0 Å². The van der Waals surface area contributed by atoms with E-state index in [9.17, 15) is 4.79 Å². The van der Waals surface area contributed by atoms with Crippen molar-refractivity contribution in [3.05, 3.63) is 48.0 Å². The summed E-state index contributed by atoms with van der Waals surface area (Å²) in [7, 11) is 1.58. The molecular formula is C16H16N4O. The Bertz CT molecular complexity index is 790. The van der Waals surface area contributed by atoms with Gasteiger partial charge in [0.2, 0.25) is 0 Å². The van der Waals surface area contributed by atoms with E-state index in [2.05, 4.69) is 33.6 Å². The number of nitrogens with one attached hydrogen (secondary N) is 3. The first-order valence-electron chi connectivity index (χ1n) is 6.71. The van der Waals surface area contributed by atoms with Crippen LogP contribution in [0.25, 0.3) is 22.4 Å². The van der Waals surface area contributed by atoms with Crippen molar-refractivity contribution in [1.82, 2.24) is 15.3 Å². The zero-order chi connectivity index (χ0) is 14.8. The molecule has 0 aliphatic heterocycles. The number of imidazole rings is 1. The third-order valence-corrected chi connectivity index (χ3v) is 3.28. The second-order valence-electron chi connectivity index (χ2n) is 4.89. The van der Waals surface area contributed by atoms with Crippen molar-refractivity contribution in [3.63, 3.8) is 0 Å². The highest BCUT2D eigenvalue weighted by molar-refractivity contribution is 5.89. The van der Waals surface area contributed by atoms with Crippen molar-refractivity contribution in [2.45, 2.75) is 6.92 Å². The average molecular weight is 280 g/mol. The number of H-pyrrole nitrogens is 1. The molecule has 0 aliphatic carbocycles. The predicted molar refractivity (Wildman–Crippen MR) is 84.3 cm³/mol. The van der Waals surface area contributed by atoms with Crippen LogP contribution < -0.4 is 10.6 Å². The lowest BCUT2D eigenvalue weighted by atomic mass is 10.2. The number of amides is 2. The van der Waals surface area contributed by atoms with Gasteiger partial charge < -0.3 is 15.6 Å². The fourth-order valence-corrected chi connectivity index (χ4v) is 2.17. The monoisotopic (exact) mass is 280 g/mol. The Kier molecular flexibility index (Phi) is 3.31. The molecule has 21 heavy (non-hydrogen) atoms.